The third-order valence-electron chi connectivity index (χ3n) is 9.24. The number of H-pyrrole nitrogens is 1. The zero-order chi connectivity index (χ0) is 38.4. The Bertz CT molecular complexity index is 1870. The summed E-state index contributed by atoms with van der Waals surface area (Å²) in [5, 5.41) is 4.36. The van der Waals surface area contributed by atoms with Gasteiger partial charge in [0.05, 0.1) is 5.69 Å². The highest BCUT2D eigenvalue weighted by atomic mass is 32.2. The smallest absolute Gasteiger partial charge is 0.370 e. The number of nitrogens with two attached hydrogens (primary N) is 3. The van der Waals surface area contributed by atoms with Crippen LogP contribution in [-0.4, -0.2) is 45.1 Å². The lowest BCUT2D eigenvalue weighted by molar-refractivity contribution is -0.0328. The Labute approximate surface area is 309 Å². The molecule has 1 saturated carbocycles. The first-order valence-corrected chi connectivity index (χ1v) is 18.7. The molecule has 5 rings (SSSR count). The molecule has 0 spiro atoms. The number of aliphatic imine (C=N–C) groups is 1. The molecular weight excluding hydrogens is 686 g/mol. The SMILES string of the molecule is CC(C)(C)c1cc(CC2CCC(N)C2)cc(SC(F)(F)F)c1.C[C@H](NCCCN=C(N)N)c1ccc(-n2cc3cc(C(C)(C)C)[nH]c3nc2=O)cc1. The van der Waals surface area contributed by atoms with E-state index < -0.39 is 5.51 Å². The Balaban J connectivity index is 0.000000244. The van der Waals surface area contributed by atoms with E-state index in [2.05, 4.69) is 60.1 Å². The van der Waals surface area contributed by atoms with Gasteiger partial charge in [-0.15, -0.1) is 0 Å². The number of hydrogen-bond acceptors (Lipinski definition) is 6. The molecule has 0 aliphatic heterocycles. The molecule has 0 amide bonds. The van der Waals surface area contributed by atoms with E-state index in [4.69, 9.17) is 17.2 Å². The van der Waals surface area contributed by atoms with Crippen molar-refractivity contribution in [3.63, 3.8) is 0 Å². The first-order chi connectivity index (χ1) is 24.2. The van der Waals surface area contributed by atoms with E-state index in [1.165, 1.54) is 0 Å². The van der Waals surface area contributed by atoms with Gasteiger partial charge in [0.2, 0.25) is 0 Å². The Kier molecular flexibility index (Phi) is 13.3. The van der Waals surface area contributed by atoms with Gasteiger partial charge in [-0.2, -0.15) is 18.2 Å². The lowest BCUT2D eigenvalue weighted by Gasteiger charge is -2.22. The van der Waals surface area contributed by atoms with E-state index in [1.807, 2.05) is 51.2 Å². The molecule has 0 radical (unpaired) electrons. The van der Waals surface area contributed by atoms with E-state index >= 15 is 0 Å². The summed E-state index contributed by atoms with van der Waals surface area (Å²) in [5.41, 5.74) is 17.4. The summed E-state index contributed by atoms with van der Waals surface area (Å²) in [4.78, 5) is 24.3. The normalized spacial score (nSPS) is 17.1. The van der Waals surface area contributed by atoms with Crippen molar-refractivity contribution in [3.8, 4) is 5.69 Å². The number of guanidine groups is 1. The molecule has 2 aromatic carbocycles. The van der Waals surface area contributed by atoms with Gasteiger partial charge in [0.25, 0.3) is 0 Å². The quantitative estimate of drug-likeness (QED) is 0.0486. The number of alkyl halides is 3. The number of fused-ring (bicyclic) bond motifs is 1. The summed E-state index contributed by atoms with van der Waals surface area (Å²) in [6.45, 7) is 16.0. The first-order valence-electron chi connectivity index (χ1n) is 17.9. The van der Waals surface area contributed by atoms with Crippen LogP contribution in [0.3, 0.4) is 0 Å². The average Bonchev–Trinajstić information content (AvgIpc) is 3.64. The summed E-state index contributed by atoms with van der Waals surface area (Å²) in [7, 11) is 0. The molecule has 8 N–H and O–H groups in total. The van der Waals surface area contributed by atoms with Crippen molar-refractivity contribution in [3.05, 3.63) is 87.6 Å². The van der Waals surface area contributed by atoms with Crippen molar-refractivity contribution in [2.24, 2.45) is 28.1 Å². The summed E-state index contributed by atoms with van der Waals surface area (Å²) in [5.74, 6) is 0.616. The second kappa shape index (κ2) is 16.9. The predicted octanol–water partition coefficient (Wildman–Crippen LogP) is 7.59. The number of nitrogens with zero attached hydrogens (tertiary/aromatic N) is 3. The largest absolute Gasteiger partial charge is 0.446 e. The number of halogens is 3. The van der Waals surface area contributed by atoms with Gasteiger partial charge in [0.1, 0.15) is 5.65 Å². The molecule has 2 unspecified atom stereocenters. The monoisotopic (exact) mass is 740 g/mol. The lowest BCUT2D eigenvalue weighted by Crippen LogP contribution is -2.24. The van der Waals surface area contributed by atoms with E-state index in [0.717, 1.165) is 72.1 Å². The Morgan fingerprint density at radius 2 is 1.73 bits per heavy atom. The van der Waals surface area contributed by atoms with Crippen LogP contribution >= 0.6 is 11.8 Å². The first kappa shape index (κ1) is 41.0. The second-order valence-corrected chi connectivity index (χ2v) is 17.0. The maximum Gasteiger partial charge on any atom is 0.446 e. The van der Waals surface area contributed by atoms with Crippen LogP contribution in [0, 0.1) is 5.92 Å². The van der Waals surface area contributed by atoms with Crippen LogP contribution in [0.25, 0.3) is 16.7 Å². The maximum absolute atomic E-state index is 12.7. The van der Waals surface area contributed by atoms with Gasteiger partial charge >= 0.3 is 11.2 Å². The molecule has 0 saturated heterocycles. The average molecular weight is 741 g/mol. The molecule has 1 aliphatic carbocycles. The maximum atomic E-state index is 12.7. The van der Waals surface area contributed by atoms with Gasteiger partial charge in [0, 0.05) is 46.2 Å². The third kappa shape index (κ3) is 12.1. The molecule has 13 heteroatoms. The van der Waals surface area contributed by atoms with Crippen molar-refractivity contribution < 1.29 is 13.2 Å². The molecule has 284 valence electrons. The van der Waals surface area contributed by atoms with Crippen LogP contribution < -0.4 is 28.2 Å². The van der Waals surface area contributed by atoms with Gasteiger partial charge in [-0.25, -0.2) is 4.79 Å². The topological polar surface area (TPSA) is 153 Å². The zero-order valence-electron chi connectivity index (χ0n) is 31.4. The van der Waals surface area contributed by atoms with Crippen LogP contribution in [0.5, 0.6) is 0 Å². The molecule has 4 aromatic rings. The molecule has 52 heavy (non-hydrogen) atoms. The lowest BCUT2D eigenvalue weighted by atomic mass is 9.85. The number of rotatable bonds is 10. The molecular formula is C39H55F3N8OS. The molecule has 1 aliphatic rings. The number of benzene rings is 2. The minimum Gasteiger partial charge on any atom is -0.370 e. The van der Waals surface area contributed by atoms with E-state index in [9.17, 15) is 18.0 Å². The summed E-state index contributed by atoms with van der Waals surface area (Å²) in [6.07, 6.45) is 6.59. The third-order valence-corrected chi connectivity index (χ3v) is 9.94. The van der Waals surface area contributed by atoms with Gasteiger partial charge in [-0.1, -0.05) is 59.7 Å². The van der Waals surface area contributed by atoms with Gasteiger partial charge in [0.15, 0.2) is 5.96 Å². The van der Waals surface area contributed by atoms with Gasteiger partial charge in [-0.05, 0) is 116 Å². The zero-order valence-corrected chi connectivity index (χ0v) is 32.2. The molecule has 2 aromatic heterocycles. The molecule has 9 nitrogen and oxygen atoms in total. The van der Waals surface area contributed by atoms with Crippen molar-refractivity contribution in [2.75, 3.05) is 13.1 Å². The van der Waals surface area contributed by atoms with Crippen LogP contribution in [0.4, 0.5) is 13.2 Å². The number of thioether (sulfide) groups is 1. The Morgan fingerprint density at radius 1 is 1.04 bits per heavy atom. The fraction of sp³-hybridized carbons (Fsp3) is 0.513. The van der Waals surface area contributed by atoms with Crippen LogP contribution in [0.2, 0.25) is 0 Å². The number of hydrogen-bond donors (Lipinski definition) is 5. The van der Waals surface area contributed by atoms with Gasteiger partial charge in [-0.3, -0.25) is 9.56 Å². The predicted molar refractivity (Wildman–Crippen MR) is 208 cm³/mol. The van der Waals surface area contributed by atoms with Crippen molar-refractivity contribution >= 4 is 28.8 Å². The standard InChI is InChI=1S/C22H31N7O.C17H24F3NS/c1-14(25-10-5-11-26-20(23)24)15-6-8-17(9-7-15)29-13-16-12-18(22(2,3)4)27-19(16)28-21(29)30;1-16(2,3)13-7-12(6-11-4-5-14(21)8-11)9-15(10-13)22-17(18,19)20/h6-9,12-14,25H,5,10-11H2,1-4H3,(H4,23,24,26)(H,27,28,30);7,9-11,14H,4-6,8,21H2,1-3H3/t14-;/m0./s1. The van der Waals surface area contributed by atoms with Gasteiger partial charge < -0.3 is 27.5 Å². The number of nitrogens with one attached hydrogen (secondary N) is 2. The van der Waals surface area contributed by atoms with Crippen LogP contribution in [0.1, 0.15) is 103 Å². The number of aromatic nitrogens is 3. The summed E-state index contributed by atoms with van der Waals surface area (Å²) >= 11 is -0.0210. The Hall–Kier alpha value is -3.81. The minimum atomic E-state index is -4.25. The second-order valence-electron chi connectivity index (χ2n) is 15.9. The highest BCUT2D eigenvalue weighted by molar-refractivity contribution is 8.00. The fourth-order valence-electron chi connectivity index (χ4n) is 6.27. The minimum absolute atomic E-state index is 0.0210. The molecule has 1 fully saturated rings. The van der Waals surface area contributed by atoms with Crippen LogP contribution in [0.15, 0.2) is 69.4 Å². The summed E-state index contributed by atoms with van der Waals surface area (Å²) in [6, 6.07) is 15.8. The van der Waals surface area contributed by atoms with Crippen molar-refractivity contribution in [1.82, 2.24) is 19.9 Å². The molecule has 3 atom stereocenters. The summed E-state index contributed by atoms with van der Waals surface area (Å²) < 4.78 is 39.7. The molecule has 2 heterocycles. The molecule has 0 bridgehead atoms. The van der Waals surface area contributed by atoms with Crippen molar-refractivity contribution in [1.29, 1.82) is 0 Å². The van der Waals surface area contributed by atoms with E-state index in [-0.39, 0.29) is 51.2 Å². The van der Waals surface area contributed by atoms with E-state index in [1.54, 1.807) is 16.7 Å². The fourth-order valence-corrected chi connectivity index (χ4v) is 6.93. The van der Waals surface area contributed by atoms with Crippen molar-refractivity contribution in [2.45, 2.75) is 114 Å². The highest BCUT2D eigenvalue weighted by Gasteiger charge is 2.30. The van der Waals surface area contributed by atoms with E-state index in [0.29, 0.717) is 18.1 Å². The number of aromatic amines is 1. The Morgan fingerprint density at radius 3 is 2.31 bits per heavy atom. The van der Waals surface area contributed by atoms with Crippen LogP contribution in [-0.2, 0) is 17.3 Å². The highest BCUT2D eigenvalue weighted by Crippen LogP contribution is 2.40.